The van der Waals surface area contributed by atoms with E-state index in [1.54, 1.807) is 6.92 Å². The molecular weight excluding hydrogens is 268 g/mol. The number of aromatic nitrogens is 2. The van der Waals surface area contributed by atoms with Gasteiger partial charge in [0.05, 0.1) is 0 Å². The summed E-state index contributed by atoms with van der Waals surface area (Å²) < 4.78 is 3.97. The molecule has 7 nitrogen and oxygen atoms in total. The minimum absolute atomic E-state index is 0.00474. The summed E-state index contributed by atoms with van der Waals surface area (Å²) in [5.74, 6) is -0.415. The van der Waals surface area contributed by atoms with Gasteiger partial charge in [-0.15, -0.1) is 0 Å². The van der Waals surface area contributed by atoms with Crippen molar-refractivity contribution in [1.82, 2.24) is 14.3 Å². The number of aryl methyl sites for hydroxylation is 1. The number of amides is 2. The molecule has 0 spiro atoms. The third-order valence-corrected chi connectivity index (χ3v) is 3.80. The number of anilines is 1. The van der Waals surface area contributed by atoms with Crippen molar-refractivity contribution in [1.29, 1.82) is 0 Å². The zero-order valence-electron chi connectivity index (χ0n) is 10.6. The number of nitrogens with one attached hydrogen (secondary N) is 1. The minimum atomic E-state index is -1.00. The average molecular weight is 284 g/mol. The maximum atomic E-state index is 12.1. The second kappa shape index (κ2) is 5.96. The maximum Gasteiger partial charge on any atom is 0.324 e. The van der Waals surface area contributed by atoms with Gasteiger partial charge in [-0.25, -0.2) is 9.78 Å². The number of hydrogen-bond acceptors (Lipinski definition) is 5. The predicted molar refractivity (Wildman–Crippen MR) is 70.3 cm³/mol. The lowest BCUT2D eigenvalue weighted by Gasteiger charge is -2.26. The summed E-state index contributed by atoms with van der Waals surface area (Å²) in [6.45, 7) is 1.45. The number of rotatable bonds is 4. The summed E-state index contributed by atoms with van der Waals surface area (Å²) in [6, 6.07) is -0.407. The summed E-state index contributed by atoms with van der Waals surface area (Å²) >= 11 is 1.09. The second-order valence-electron chi connectivity index (χ2n) is 4.54. The fraction of sp³-hybridized carbons (Fsp3) is 0.636. The Morgan fingerprint density at radius 1 is 1.47 bits per heavy atom. The number of carboxylic acid groups (broad SMARTS) is 1. The Morgan fingerprint density at radius 3 is 2.68 bits per heavy atom. The molecule has 0 aromatic carbocycles. The molecule has 1 aromatic heterocycles. The van der Waals surface area contributed by atoms with Crippen molar-refractivity contribution in [3.8, 4) is 0 Å². The molecule has 19 heavy (non-hydrogen) atoms. The first kappa shape index (κ1) is 13.7. The number of carboxylic acids is 1. The third kappa shape index (κ3) is 3.63. The molecule has 0 atom stereocenters. The van der Waals surface area contributed by atoms with Crippen LogP contribution in [0, 0.1) is 6.92 Å². The molecule has 1 aliphatic carbocycles. The zero-order valence-corrected chi connectivity index (χ0v) is 11.4. The van der Waals surface area contributed by atoms with Crippen LogP contribution in [-0.4, -0.2) is 44.0 Å². The zero-order chi connectivity index (χ0) is 13.8. The van der Waals surface area contributed by atoms with E-state index in [1.165, 1.54) is 4.90 Å². The van der Waals surface area contributed by atoms with Crippen molar-refractivity contribution in [3.05, 3.63) is 5.82 Å². The molecule has 0 unspecified atom stereocenters. The molecular formula is C11H16N4O3S. The molecule has 1 aromatic rings. The highest BCUT2D eigenvalue weighted by molar-refractivity contribution is 7.09. The molecule has 0 radical (unpaired) electrons. The van der Waals surface area contributed by atoms with Gasteiger partial charge in [0.2, 0.25) is 5.13 Å². The maximum absolute atomic E-state index is 12.1. The molecule has 104 valence electrons. The van der Waals surface area contributed by atoms with Gasteiger partial charge in [0.25, 0.3) is 0 Å². The van der Waals surface area contributed by atoms with Gasteiger partial charge in [-0.05, 0) is 19.8 Å². The Balaban J connectivity index is 2.04. The topological polar surface area (TPSA) is 95.4 Å². The van der Waals surface area contributed by atoms with Crippen molar-refractivity contribution in [3.63, 3.8) is 0 Å². The van der Waals surface area contributed by atoms with Gasteiger partial charge in [0, 0.05) is 17.6 Å². The first-order chi connectivity index (χ1) is 9.06. The van der Waals surface area contributed by atoms with E-state index < -0.39 is 12.0 Å². The van der Waals surface area contributed by atoms with Crippen LogP contribution in [0.15, 0.2) is 0 Å². The number of urea groups is 1. The number of hydrogen-bond donors (Lipinski definition) is 2. The largest absolute Gasteiger partial charge is 0.480 e. The number of aliphatic carboxylic acids is 1. The highest BCUT2D eigenvalue weighted by Gasteiger charge is 2.28. The van der Waals surface area contributed by atoms with Crippen LogP contribution < -0.4 is 5.32 Å². The molecule has 2 amide bonds. The van der Waals surface area contributed by atoms with Crippen LogP contribution in [0.25, 0.3) is 0 Å². The van der Waals surface area contributed by atoms with Gasteiger partial charge in [-0.2, -0.15) is 4.37 Å². The summed E-state index contributed by atoms with van der Waals surface area (Å²) in [6.07, 6.45) is 3.78. The van der Waals surface area contributed by atoms with Crippen LogP contribution >= 0.6 is 11.5 Å². The lowest BCUT2D eigenvalue weighted by atomic mass is 10.2. The standard InChI is InChI=1S/C11H16N4O3S/c1-7-12-10(19-14-7)13-11(18)15(6-9(16)17)8-4-2-3-5-8/h8H,2-6H2,1H3,(H,16,17)(H,12,13,14,18). The van der Waals surface area contributed by atoms with E-state index >= 15 is 0 Å². The molecule has 1 saturated carbocycles. The van der Waals surface area contributed by atoms with Crippen LogP contribution in [0.5, 0.6) is 0 Å². The predicted octanol–water partition coefficient (Wildman–Crippen LogP) is 1.71. The van der Waals surface area contributed by atoms with Gasteiger partial charge in [-0.1, -0.05) is 12.8 Å². The van der Waals surface area contributed by atoms with Crippen LogP contribution in [0.3, 0.4) is 0 Å². The Hall–Kier alpha value is -1.70. The number of carbonyl (C=O) groups excluding carboxylic acids is 1. The fourth-order valence-corrected chi connectivity index (χ4v) is 2.80. The van der Waals surface area contributed by atoms with E-state index in [9.17, 15) is 9.59 Å². The molecule has 1 heterocycles. The summed E-state index contributed by atoms with van der Waals surface area (Å²) in [7, 11) is 0. The Morgan fingerprint density at radius 2 is 2.16 bits per heavy atom. The second-order valence-corrected chi connectivity index (χ2v) is 5.29. The molecule has 0 saturated heterocycles. The highest BCUT2D eigenvalue weighted by atomic mass is 32.1. The first-order valence-electron chi connectivity index (χ1n) is 6.16. The molecule has 0 bridgehead atoms. The van der Waals surface area contributed by atoms with Crippen molar-refractivity contribution in [2.75, 3.05) is 11.9 Å². The smallest absolute Gasteiger partial charge is 0.324 e. The van der Waals surface area contributed by atoms with Crippen molar-refractivity contribution in [2.24, 2.45) is 0 Å². The Bertz CT molecular complexity index is 470. The van der Waals surface area contributed by atoms with Gasteiger partial charge in [0.1, 0.15) is 12.4 Å². The van der Waals surface area contributed by atoms with E-state index in [0.717, 1.165) is 37.2 Å². The average Bonchev–Trinajstić information content (AvgIpc) is 2.97. The van der Waals surface area contributed by atoms with E-state index in [2.05, 4.69) is 14.7 Å². The van der Waals surface area contributed by atoms with Crippen LogP contribution in [0.2, 0.25) is 0 Å². The molecule has 1 fully saturated rings. The number of nitrogens with zero attached hydrogens (tertiary/aromatic N) is 3. The molecule has 0 aliphatic heterocycles. The Kier molecular flexibility index (Phi) is 4.31. The summed E-state index contributed by atoms with van der Waals surface area (Å²) in [5.41, 5.74) is 0. The van der Waals surface area contributed by atoms with Gasteiger partial charge in [0.15, 0.2) is 0 Å². The quantitative estimate of drug-likeness (QED) is 0.877. The van der Waals surface area contributed by atoms with Crippen molar-refractivity contribution >= 4 is 28.7 Å². The first-order valence-corrected chi connectivity index (χ1v) is 6.93. The molecule has 2 rings (SSSR count). The third-order valence-electron chi connectivity index (χ3n) is 3.07. The number of carbonyl (C=O) groups is 2. The molecule has 8 heteroatoms. The SMILES string of the molecule is Cc1nsc(NC(=O)N(CC(=O)O)C2CCCC2)n1. The van der Waals surface area contributed by atoms with E-state index in [1.807, 2.05) is 0 Å². The van der Waals surface area contributed by atoms with E-state index in [4.69, 9.17) is 5.11 Å². The van der Waals surface area contributed by atoms with Gasteiger partial charge >= 0.3 is 12.0 Å². The van der Waals surface area contributed by atoms with E-state index in [0.29, 0.717) is 11.0 Å². The lowest BCUT2D eigenvalue weighted by Crippen LogP contribution is -2.44. The van der Waals surface area contributed by atoms with Gasteiger partial charge in [-0.3, -0.25) is 10.1 Å². The van der Waals surface area contributed by atoms with Crippen molar-refractivity contribution in [2.45, 2.75) is 38.6 Å². The molecule has 2 N–H and O–H groups in total. The van der Waals surface area contributed by atoms with Crippen LogP contribution in [0.4, 0.5) is 9.93 Å². The summed E-state index contributed by atoms with van der Waals surface area (Å²) in [5, 5.41) is 11.9. The molecule has 1 aliphatic rings. The minimum Gasteiger partial charge on any atom is -0.480 e. The normalized spacial score (nSPS) is 15.4. The van der Waals surface area contributed by atoms with Crippen LogP contribution in [0.1, 0.15) is 31.5 Å². The van der Waals surface area contributed by atoms with Gasteiger partial charge < -0.3 is 10.0 Å². The lowest BCUT2D eigenvalue weighted by molar-refractivity contribution is -0.138. The fourth-order valence-electron chi connectivity index (χ4n) is 2.24. The van der Waals surface area contributed by atoms with Crippen LogP contribution in [-0.2, 0) is 4.79 Å². The Labute approximate surface area is 114 Å². The van der Waals surface area contributed by atoms with E-state index in [-0.39, 0.29) is 12.6 Å². The monoisotopic (exact) mass is 284 g/mol. The summed E-state index contributed by atoms with van der Waals surface area (Å²) in [4.78, 5) is 28.4. The highest BCUT2D eigenvalue weighted by Crippen LogP contribution is 2.24. The van der Waals surface area contributed by atoms with Crippen molar-refractivity contribution < 1.29 is 14.7 Å².